The fourth-order valence-electron chi connectivity index (χ4n) is 3.87. The topological polar surface area (TPSA) is 77.6 Å². The molecule has 0 unspecified atom stereocenters. The Morgan fingerprint density at radius 2 is 1.70 bits per heavy atom. The molecule has 0 atom stereocenters. The third-order valence-corrected chi connectivity index (χ3v) is 5.87. The average molecular weight is 510 g/mol. The van der Waals surface area contributed by atoms with E-state index in [1.54, 1.807) is 48.7 Å². The largest absolute Gasteiger partial charge is 0.416 e. The van der Waals surface area contributed by atoms with Crippen LogP contribution in [0, 0.1) is 0 Å². The van der Waals surface area contributed by atoms with Gasteiger partial charge in [0.05, 0.1) is 11.3 Å². The maximum Gasteiger partial charge on any atom is 0.416 e. The molecule has 2 aromatic carbocycles. The van der Waals surface area contributed by atoms with Gasteiger partial charge >= 0.3 is 6.18 Å². The molecular weight excluding hydrogens is 483 g/mol. The fraction of sp³-hybridized carbons (Fsp3) is 0.222. The summed E-state index contributed by atoms with van der Waals surface area (Å²) in [6, 6.07) is 14.4. The van der Waals surface area contributed by atoms with E-state index in [0.29, 0.717) is 16.9 Å². The van der Waals surface area contributed by atoms with Crippen molar-refractivity contribution in [2.24, 2.45) is 0 Å². The molecular formula is C27H26F3N5O2. The molecule has 1 saturated heterocycles. The summed E-state index contributed by atoms with van der Waals surface area (Å²) in [6.07, 6.45) is 0.108. The van der Waals surface area contributed by atoms with Gasteiger partial charge in [-0.2, -0.15) is 13.2 Å². The third kappa shape index (κ3) is 6.95. The minimum Gasteiger partial charge on any atom is -0.352 e. The number of anilines is 3. The van der Waals surface area contributed by atoms with Gasteiger partial charge in [-0.05, 0) is 61.2 Å². The molecule has 3 aromatic rings. The number of likely N-dealkylation sites (N-methyl/N-ethyl adjacent to an activating group) is 1. The molecule has 2 amide bonds. The molecule has 0 bridgehead atoms. The fourth-order valence-corrected chi connectivity index (χ4v) is 3.87. The number of piperazine rings is 1. The summed E-state index contributed by atoms with van der Waals surface area (Å²) < 4.78 is 38.9. The van der Waals surface area contributed by atoms with Gasteiger partial charge in [-0.15, -0.1) is 0 Å². The zero-order valence-corrected chi connectivity index (χ0v) is 20.1. The van der Waals surface area contributed by atoms with Crippen molar-refractivity contribution in [3.63, 3.8) is 0 Å². The van der Waals surface area contributed by atoms with Crippen molar-refractivity contribution in [3.05, 3.63) is 89.6 Å². The van der Waals surface area contributed by atoms with Crippen LogP contribution >= 0.6 is 0 Å². The molecule has 1 aliphatic heterocycles. The lowest BCUT2D eigenvalue weighted by Gasteiger charge is -2.34. The number of aromatic nitrogens is 1. The Morgan fingerprint density at radius 1 is 0.946 bits per heavy atom. The van der Waals surface area contributed by atoms with Crippen LogP contribution in [0.25, 0.3) is 6.08 Å². The average Bonchev–Trinajstić information content (AvgIpc) is 2.88. The van der Waals surface area contributed by atoms with E-state index < -0.39 is 17.6 Å². The number of rotatable bonds is 6. The van der Waals surface area contributed by atoms with E-state index >= 15 is 0 Å². The minimum absolute atomic E-state index is 0.109. The van der Waals surface area contributed by atoms with Crippen LogP contribution in [0.2, 0.25) is 0 Å². The van der Waals surface area contributed by atoms with Crippen molar-refractivity contribution in [3.8, 4) is 0 Å². The van der Waals surface area contributed by atoms with E-state index in [1.165, 1.54) is 18.2 Å². The van der Waals surface area contributed by atoms with Gasteiger partial charge in [-0.25, -0.2) is 4.98 Å². The van der Waals surface area contributed by atoms with Crippen molar-refractivity contribution in [2.75, 3.05) is 48.8 Å². The van der Waals surface area contributed by atoms with E-state index in [9.17, 15) is 22.8 Å². The van der Waals surface area contributed by atoms with Crippen molar-refractivity contribution in [2.45, 2.75) is 6.18 Å². The highest BCUT2D eigenvalue weighted by Gasteiger charge is 2.30. The summed E-state index contributed by atoms with van der Waals surface area (Å²) in [7, 11) is 2.06. The maximum absolute atomic E-state index is 13.0. The summed E-state index contributed by atoms with van der Waals surface area (Å²) in [4.78, 5) is 33.9. The van der Waals surface area contributed by atoms with Crippen LogP contribution in [0.1, 0.15) is 21.5 Å². The van der Waals surface area contributed by atoms with Crippen molar-refractivity contribution < 1.29 is 22.8 Å². The van der Waals surface area contributed by atoms with E-state index in [1.807, 2.05) is 0 Å². The monoisotopic (exact) mass is 509 g/mol. The first-order valence-electron chi connectivity index (χ1n) is 11.7. The number of amides is 2. The number of carbonyl (C=O) groups is 2. The van der Waals surface area contributed by atoms with E-state index in [4.69, 9.17) is 0 Å². The highest BCUT2D eigenvalue weighted by Crippen LogP contribution is 2.30. The Labute approximate surface area is 212 Å². The molecule has 2 heterocycles. The molecule has 1 aromatic heterocycles. The minimum atomic E-state index is -4.54. The Hall–Kier alpha value is -4.18. The quantitative estimate of drug-likeness (QED) is 0.469. The highest BCUT2D eigenvalue weighted by molar-refractivity contribution is 6.05. The molecule has 1 fully saturated rings. The van der Waals surface area contributed by atoms with Crippen molar-refractivity contribution >= 4 is 35.1 Å². The molecule has 7 nitrogen and oxygen atoms in total. The zero-order valence-electron chi connectivity index (χ0n) is 20.1. The van der Waals surface area contributed by atoms with E-state index in [0.717, 1.165) is 44.1 Å². The molecule has 10 heteroatoms. The van der Waals surface area contributed by atoms with Crippen LogP contribution in [-0.4, -0.2) is 54.9 Å². The van der Waals surface area contributed by atoms with Crippen LogP contribution in [0.3, 0.4) is 0 Å². The Bertz CT molecular complexity index is 1300. The van der Waals surface area contributed by atoms with Gasteiger partial charge in [0.15, 0.2) is 5.82 Å². The Kier molecular flexibility index (Phi) is 7.88. The number of carbonyl (C=O) groups excluding carboxylic acids is 2. The first-order valence-corrected chi connectivity index (χ1v) is 11.7. The number of alkyl halides is 3. The third-order valence-electron chi connectivity index (χ3n) is 5.87. The lowest BCUT2D eigenvalue weighted by Crippen LogP contribution is -2.45. The molecule has 4 rings (SSSR count). The van der Waals surface area contributed by atoms with Gasteiger partial charge < -0.3 is 20.4 Å². The SMILES string of the molecule is CN1CCN(c2ncccc2NC(=O)/C=C/c2cccc(NC(=O)c3cccc(C(F)(F)F)c3)c2)CC1. The van der Waals surface area contributed by atoms with Crippen molar-refractivity contribution in [1.82, 2.24) is 9.88 Å². The zero-order chi connectivity index (χ0) is 26.4. The van der Waals surface area contributed by atoms with Crippen LogP contribution in [0.5, 0.6) is 0 Å². The molecule has 0 saturated carbocycles. The standard InChI is InChI=1S/C27H26F3N5O2/c1-34-13-15-35(16-14-34)25-23(9-4-12-31-25)33-24(36)11-10-19-5-2-8-22(17-19)32-26(37)20-6-3-7-21(18-20)27(28,29)30/h2-12,17-18H,13-16H2,1H3,(H,32,37)(H,33,36)/b11-10+. The highest BCUT2D eigenvalue weighted by atomic mass is 19.4. The van der Waals surface area contributed by atoms with Gasteiger partial charge in [-0.3, -0.25) is 9.59 Å². The van der Waals surface area contributed by atoms with Gasteiger partial charge in [0, 0.05) is 49.7 Å². The number of hydrogen-bond acceptors (Lipinski definition) is 5. The Morgan fingerprint density at radius 3 is 2.46 bits per heavy atom. The first kappa shape index (κ1) is 25.9. The second-order valence-electron chi connectivity index (χ2n) is 8.65. The number of pyridine rings is 1. The smallest absolute Gasteiger partial charge is 0.352 e. The lowest BCUT2D eigenvalue weighted by atomic mass is 10.1. The number of halogens is 3. The second kappa shape index (κ2) is 11.3. The predicted octanol–water partition coefficient (Wildman–Crippen LogP) is 4.76. The van der Waals surface area contributed by atoms with Gasteiger partial charge in [0.25, 0.3) is 5.91 Å². The summed E-state index contributed by atoms with van der Waals surface area (Å²) in [6.45, 7) is 3.44. The van der Waals surface area contributed by atoms with E-state index in [-0.39, 0.29) is 11.5 Å². The Balaban J connectivity index is 1.40. The summed E-state index contributed by atoms with van der Waals surface area (Å²) >= 11 is 0. The normalized spacial score (nSPS) is 14.5. The number of benzene rings is 2. The molecule has 0 radical (unpaired) electrons. The molecule has 37 heavy (non-hydrogen) atoms. The van der Waals surface area contributed by atoms with Gasteiger partial charge in [0.1, 0.15) is 0 Å². The summed E-state index contributed by atoms with van der Waals surface area (Å²) in [5, 5.41) is 5.46. The lowest BCUT2D eigenvalue weighted by molar-refractivity contribution is -0.137. The van der Waals surface area contributed by atoms with Crippen LogP contribution in [-0.2, 0) is 11.0 Å². The van der Waals surface area contributed by atoms with Gasteiger partial charge in [-0.1, -0.05) is 18.2 Å². The number of nitrogens with one attached hydrogen (secondary N) is 2. The van der Waals surface area contributed by atoms with E-state index in [2.05, 4.69) is 32.5 Å². The summed E-state index contributed by atoms with van der Waals surface area (Å²) in [5.41, 5.74) is 0.621. The molecule has 192 valence electrons. The van der Waals surface area contributed by atoms with Crippen LogP contribution < -0.4 is 15.5 Å². The predicted molar refractivity (Wildman–Crippen MR) is 137 cm³/mol. The second-order valence-corrected chi connectivity index (χ2v) is 8.65. The van der Waals surface area contributed by atoms with Crippen LogP contribution in [0.15, 0.2) is 72.9 Å². The summed E-state index contributed by atoms with van der Waals surface area (Å²) in [5.74, 6) is -0.295. The van der Waals surface area contributed by atoms with Crippen molar-refractivity contribution in [1.29, 1.82) is 0 Å². The first-order chi connectivity index (χ1) is 17.7. The molecule has 0 spiro atoms. The molecule has 1 aliphatic rings. The van der Waals surface area contributed by atoms with Crippen LogP contribution in [0.4, 0.5) is 30.4 Å². The molecule has 2 N–H and O–H groups in total. The number of nitrogens with zero attached hydrogens (tertiary/aromatic N) is 3. The maximum atomic E-state index is 13.0. The van der Waals surface area contributed by atoms with Gasteiger partial charge in [0.2, 0.25) is 5.91 Å². The molecule has 0 aliphatic carbocycles. The number of hydrogen-bond donors (Lipinski definition) is 2.